The van der Waals surface area contributed by atoms with Crippen LogP contribution in [0.1, 0.15) is 92.9 Å². The predicted molar refractivity (Wildman–Crippen MR) is 166 cm³/mol. The molecular weight excluding hydrogens is 530 g/mol. The van der Waals surface area contributed by atoms with E-state index in [9.17, 15) is 9.90 Å². The maximum absolute atomic E-state index is 12.8. The van der Waals surface area contributed by atoms with Gasteiger partial charge in [-0.05, 0) is 79.7 Å². The lowest BCUT2D eigenvalue weighted by molar-refractivity contribution is -0.0163. The van der Waals surface area contributed by atoms with E-state index in [1.54, 1.807) is 12.1 Å². The zero-order valence-corrected chi connectivity index (χ0v) is 27.5. The summed E-state index contributed by atoms with van der Waals surface area (Å²) < 4.78 is 6.00. The fourth-order valence-electron chi connectivity index (χ4n) is 5.61. The highest BCUT2D eigenvalue weighted by atomic mass is 35.5. The first kappa shape index (κ1) is 32.7. The Morgan fingerprint density at radius 2 is 1.53 bits per heavy atom. The molecule has 0 aliphatic heterocycles. The number of carbonyl (C=O) groups is 1. The molecule has 212 valence electrons. The Labute approximate surface area is 240 Å². The molecule has 0 spiro atoms. The molecule has 4 nitrogen and oxygen atoms in total. The van der Waals surface area contributed by atoms with E-state index >= 15 is 0 Å². The number of alkyl carbamates (subject to hydrolysis) is 1. The third kappa shape index (κ3) is 9.04. The van der Waals surface area contributed by atoms with Crippen molar-refractivity contribution >= 4 is 36.1 Å². The van der Waals surface area contributed by atoms with Crippen LogP contribution in [0.3, 0.4) is 0 Å². The van der Waals surface area contributed by atoms with Gasteiger partial charge in [0.25, 0.3) is 0 Å². The average molecular weight is 578 g/mol. The van der Waals surface area contributed by atoms with Crippen LogP contribution in [0.4, 0.5) is 4.79 Å². The van der Waals surface area contributed by atoms with Crippen LogP contribution < -0.4 is 5.32 Å². The van der Waals surface area contributed by atoms with Crippen LogP contribution >= 0.6 is 22.8 Å². The summed E-state index contributed by atoms with van der Waals surface area (Å²) in [7, 11) is -1.65. The van der Waals surface area contributed by atoms with E-state index < -0.39 is 30.6 Å². The quantitative estimate of drug-likeness (QED) is 0.261. The van der Waals surface area contributed by atoms with Crippen molar-refractivity contribution in [1.82, 2.24) is 5.32 Å². The molecule has 0 saturated heterocycles. The molecule has 1 amide bonds. The molecule has 2 aromatic carbocycles. The Morgan fingerprint density at radius 1 is 0.974 bits per heavy atom. The van der Waals surface area contributed by atoms with Crippen molar-refractivity contribution in [2.24, 2.45) is 0 Å². The molecule has 0 unspecified atom stereocenters. The monoisotopic (exact) mass is 577 g/mol. The predicted octanol–water partition coefficient (Wildman–Crippen LogP) is 9.56. The van der Waals surface area contributed by atoms with Gasteiger partial charge < -0.3 is 15.2 Å². The summed E-state index contributed by atoms with van der Waals surface area (Å²) in [6.45, 7) is 21.9. The van der Waals surface area contributed by atoms with E-state index in [1.165, 1.54) is 4.90 Å². The van der Waals surface area contributed by atoms with E-state index in [1.807, 2.05) is 39.8 Å². The third-order valence-electron chi connectivity index (χ3n) is 7.18. The maximum Gasteiger partial charge on any atom is 0.408 e. The van der Waals surface area contributed by atoms with Gasteiger partial charge in [-0.2, -0.15) is 11.2 Å². The van der Waals surface area contributed by atoms with E-state index in [4.69, 9.17) is 16.3 Å². The van der Waals surface area contributed by atoms with Crippen molar-refractivity contribution in [1.29, 1.82) is 0 Å². The van der Waals surface area contributed by atoms with Crippen LogP contribution in [0.15, 0.2) is 53.4 Å². The van der Waals surface area contributed by atoms with Crippen molar-refractivity contribution in [3.8, 4) is 0 Å². The van der Waals surface area contributed by atoms with Crippen molar-refractivity contribution < 1.29 is 14.6 Å². The van der Waals surface area contributed by atoms with Crippen LogP contribution in [0.25, 0.3) is 0 Å². The summed E-state index contributed by atoms with van der Waals surface area (Å²) in [6, 6.07) is 15.9. The van der Waals surface area contributed by atoms with Crippen molar-refractivity contribution in [2.45, 2.75) is 121 Å². The molecule has 0 aliphatic rings. The summed E-state index contributed by atoms with van der Waals surface area (Å²) in [5.74, 6) is 0. The lowest BCUT2D eigenvalue weighted by atomic mass is 9.88. The smallest absolute Gasteiger partial charge is 0.408 e. The van der Waals surface area contributed by atoms with Gasteiger partial charge in [-0.15, -0.1) is 0 Å². The second kappa shape index (κ2) is 13.3. The van der Waals surface area contributed by atoms with E-state index in [0.29, 0.717) is 33.6 Å². The first-order chi connectivity index (χ1) is 17.5. The number of benzene rings is 2. The molecule has 0 bridgehead atoms. The lowest BCUT2D eigenvalue weighted by Crippen LogP contribution is -2.46. The van der Waals surface area contributed by atoms with Gasteiger partial charge >= 0.3 is 6.09 Å². The fourth-order valence-corrected chi connectivity index (χ4v) is 15.0. The second-order valence-corrected chi connectivity index (χ2v) is 21.7. The summed E-state index contributed by atoms with van der Waals surface area (Å²) >= 11 is 8.26. The van der Waals surface area contributed by atoms with Crippen LogP contribution in [0.2, 0.25) is 21.6 Å². The van der Waals surface area contributed by atoms with Crippen LogP contribution in [0, 0.1) is 0 Å². The number of halogens is 1. The molecule has 7 heteroatoms. The van der Waals surface area contributed by atoms with Gasteiger partial charge in [0.05, 0.1) is 6.10 Å². The van der Waals surface area contributed by atoms with Gasteiger partial charge in [-0.25, -0.2) is 4.79 Å². The number of carbonyl (C=O) groups excluding carboxylic acids is 1. The van der Waals surface area contributed by atoms with E-state index in [2.05, 4.69) is 82.3 Å². The molecule has 38 heavy (non-hydrogen) atoms. The van der Waals surface area contributed by atoms with Gasteiger partial charge in [0.2, 0.25) is 0 Å². The summed E-state index contributed by atoms with van der Waals surface area (Å²) in [5, 5.41) is 14.5. The van der Waals surface area contributed by atoms with Gasteiger partial charge in [0.1, 0.15) is 12.8 Å². The molecule has 0 saturated carbocycles. The Morgan fingerprint density at radius 3 is 2.00 bits per heavy atom. The van der Waals surface area contributed by atoms with Crippen LogP contribution in [-0.2, 0) is 11.2 Å². The number of hydrogen-bond donors (Lipinski definition) is 2. The topological polar surface area (TPSA) is 58.6 Å². The molecule has 2 atom stereocenters. The van der Waals surface area contributed by atoms with Crippen LogP contribution in [0.5, 0.6) is 0 Å². The minimum absolute atomic E-state index is 0.242. The standard InChI is InChI=1S/C31H48ClNO3SSi/c1-21(2)38(22(3)4,23(5)6)37-27-16-14-24(15-17-27)19-31(10,36-29(35)33-30(7,8)9)20-28(34)25-12-11-13-26(32)18-25/h11-18,21-23,28,34H,19-20H2,1-10H3,(H,33,35)/t28-,31-/m1/s1. The Bertz CT molecular complexity index is 1030. The van der Waals surface area contributed by atoms with E-state index in [0.717, 1.165) is 5.56 Å². The number of hydrogen-bond acceptors (Lipinski definition) is 4. The second-order valence-electron chi connectivity index (χ2n) is 12.7. The normalized spacial score (nSPS) is 15.0. The Hall–Kier alpha value is -1.47. The zero-order chi connectivity index (χ0) is 28.9. The minimum Gasteiger partial charge on any atom is -0.443 e. The highest BCUT2D eigenvalue weighted by molar-refractivity contribution is 8.29. The number of aliphatic hydroxyl groups excluding tert-OH is 1. The average Bonchev–Trinajstić information content (AvgIpc) is 2.76. The summed E-state index contributed by atoms with van der Waals surface area (Å²) in [4.78, 5) is 14.1. The Kier molecular flexibility index (Phi) is 11.4. The third-order valence-corrected chi connectivity index (χ3v) is 19.7. The van der Waals surface area contributed by atoms with Crippen molar-refractivity contribution in [3.05, 3.63) is 64.7 Å². The molecule has 0 aliphatic carbocycles. The number of rotatable bonds is 11. The lowest BCUT2D eigenvalue weighted by Gasteiger charge is -2.42. The fraction of sp³-hybridized carbons (Fsp3) is 0.581. The molecule has 0 aromatic heterocycles. The SMILES string of the molecule is CC(C)[Si](Sc1ccc(C[C@](C)(C[C@@H](O)c2cccc(Cl)c2)OC(=O)NC(C)(C)C)cc1)(C(C)C)C(C)C. The van der Waals surface area contributed by atoms with Gasteiger partial charge in [0, 0.05) is 28.3 Å². The van der Waals surface area contributed by atoms with Crippen LogP contribution in [-0.4, -0.2) is 29.6 Å². The zero-order valence-electron chi connectivity index (χ0n) is 24.9. The molecule has 0 fully saturated rings. The van der Waals surface area contributed by atoms with E-state index in [-0.39, 0.29) is 6.42 Å². The van der Waals surface area contributed by atoms with Crippen molar-refractivity contribution in [2.75, 3.05) is 0 Å². The summed E-state index contributed by atoms with van der Waals surface area (Å²) in [6.07, 6.45) is -0.600. The first-order valence-corrected chi connectivity index (χ1v) is 17.8. The number of nitrogens with one attached hydrogen (secondary N) is 1. The molecule has 0 radical (unpaired) electrons. The van der Waals surface area contributed by atoms with Gasteiger partial charge in [-0.1, -0.05) is 77.4 Å². The van der Waals surface area contributed by atoms with Gasteiger partial charge in [-0.3, -0.25) is 0 Å². The Balaban J connectivity index is 2.31. The minimum atomic E-state index is -1.65. The maximum atomic E-state index is 12.8. The number of ether oxygens (including phenoxy) is 1. The molecule has 2 rings (SSSR count). The number of amides is 1. The number of aliphatic hydroxyl groups is 1. The molecule has 2 aromatic rings. The molecule has 2 N–H and O–H groups in total. The highest BCUT2D eigenvalue weighted by Crippen LogP contribution is 2.52. The van der Waals surface area contributed by atoms with Gasteiger partial charge in [0.15, 0.2) is 0 Å². The largest absolute Gasteiger partial charge is 0.443 e. The highest BCUT2D eigenvalue weighted by Gasteiger charge is 2.44. The summed E-state index contributed by atoms with van der Waals surface area (Å²) in [5.41, 5.74) is 2.40. The molecular formula is C31H48ClNO3SSi. The molecule has 0 heterocycles. The first-order valence-electron chi connectivity index (χ1n) is 13.7. The van der Waals surface area contributed by atoms with Crippen molar-refractivity contribution in [3.63, 3.8) is 0 Å².